The zero-order valence-corrected chi connectivity index (χ0v) is 11.6. The van der Waals surface area contributed by atoms with E-state index < -0.39 is 0 Å². The average Bonchev–Trinajstić information content (AvgIpc) is 2.40. The Balaban J connectivity index is 3.03. The van der Waals surface area contributed by atoms with Gasteiger partial charge in [-0.3, -0.25) is 0 Å². The number of hydrogen-bond acceptors (Lipinski definition) is 5. The minimum atomic E-state index is 0.130. The van der Waals surface area contributed by atoms with E-state index in [1.54, 1.807) is 0 Å². The van der Waals surface area contributed by atoms with E-state index >= 15 is 0 Å². The molecule has 0 heterocycles. The molecule has 5 nitrogen and oxygen atoms in total. The van der Waals surface area contributed by atoms with Crippen LogP contribution in [0.25, 0.3) is 0 Å². The van der Waals surface area contributed by atoms with Gasteiger partial charge in [-0.15, -0.1) is 0 Å². The molecule has 0 saturated carbocycles. The molecule has 0 radical (unpaired) electrons. The summed E-state index contributed by atoms with van der Waals surface area (Å²) in [7, 11) is 0. The highest BCUT2D eigenvalue weighted by Crippen LogP contribution is 1.99. The zero-order chi connectivity index (χ0) is 13.5. The van der Waals surface area contributed by atoms with Gasteiger partial charge in [-0.25, -0.2) is 0 Å². The Morgan fingerprint density at radius 2 is 1.50 bits per heavy atom. The molecule has 0 fully saturated rings. The lowest BCUT2D eigenvalue weighted by Crippen LogP contribution is -2.20. The number of aliphatic hydroxyl groups excluding tert-OH is 1. The summed E-state index contributed by atoms with van der Waals surface area (Å²) in [6.45, 7) is 6.66. The van der Waals surface area contributed by atoms with Crippen molar-refractivity contribution in [2.45, 2.75) is 26.2 Å². The third kappa shape index (κ3) is 12.3. The molecule has 0 aromatic heterocycles. The normalized spacial score (nSPS) is 12.8. The molecule has 0 aliphatic heterocycles. The number of nitrogens with two attached hydrogens (primary N) is 1. The quantitative estimate of drug-likeness (QED) is 0.453. The molecule has 18 heavy (non-hydrogen) atoms. The molecular weight excluding hydrogens is 234 g/mol. The van der Waals surface area contributed by atoms with Crippen LogP contribution >= 0.6 is 0 Å². The lowest BCUT2D eigenvalue weighted by Gasteiger charge is -2.11. The summed E-state index contributed by atoms with van der Waals surface area (Å²) < 4.78 is 16.1. The van der Waals surface area contributed by atoms with Crippen molar-refractivity contribution < 1.29 is 19.3 Å². The zero-order valence-electron chi connectivity index (χ0n) is 11.6. The van der Waals surface area contributed by atoms with E-state index in [4.69, 9.17) is 25.1 Å². The van der Waals surface area contributed by atoms with Gasteiger partial charge in [0.2, 0.25) is 0 Å². The third-order valence-corrected chi connectivity index (χ3v) is 2.65. The second kappa shape index (κ2) is 14.9. The van der Waals surface area contributed by atoms with E-state index in [0.29, 0.717) is 39.6 Å². The van der Waals surface area contributed by atoms with Crippen molar-refractivity contribution in [3.63, 3.8) is 0 Å². The number of unbranched alkanes of at least 4 members (excludes halogenated alkanes) is 1. The summed E-state index contributed by atoms with van der Waals surface area (Å²) in [5.41, 5.74) is 5.46. The van der Waals surface area contributed by atoms with Crippen molar-refractivity contribution in [2.24, 2.45) is 11.7 Å². The summed E-state index contributed by atoms with van der Waals surface area (Å²) in [5, 5.41) is 8.91. The van der Waals surface area contributed by atoms with Crippen LogP contribution in [0, 0.1) is 5.92 Å². The molecule has 0 aromatic carbocycles. The molecule has 5 heteroatoms. The molecule has 0 aromatic rings. The standard InChI is InChI=1S/C13H29NO4/c1-2-3-5-16-7-9-18-10-8-17-6-4-13(11-14)12-15/h13,15H,2-12,14H2,1H3. The maximum absolute atomic E-state index is 8.91. The molecule has 1 atom stereocenters. The SMILES string of the molecule is CCCCOCCOCCOCCC(CN)CO. The molecule has 0 amide bonds. The van der Waals surface area contributed by atoms with Gasteiger partial charge in [-0.1, -0.05) is 13.3 Å². The Kier molecular flexibility index (Phi) is 14.7. The lowest BCUT2D eigenvalue weighted by molar-refractivity contribution is 0.0108. The van der Waals surface area contributed by atoms with E-state index in [0.717, 1.165) is 25.9 Å². The van der Waals surface area contributed by atoms with Gasteiger partial charge in [0.15, 0.2) is 0 Å². The number of rotatable bonds is 14. The van der Waals surface area contributed by atoms with Crippen LogP contribution in [0.2, 0.25) is 0 Å². The lowest BCUT2D eigenvalue weighted by atomic mass is 10.1. The van der Waals surface area contributed by atoms with E-state index in [1.165, 1.54) is 0 Å². The Labute approximate surface area is 111 Å². The largest absolute Gasteiger partial charge is 0.396 e. The molecule has 0 saturated heterocycles. The Hall–Kier alpha value is -0.200. The number of hydrogen-bond donors (Lipinski definition) is 2. The third-order valence-electron chi connectivity index (χ3n) is 2.65. The molecule has 0 spiro atoms. The molecule has 0 bridgehead atoms. The van der Waals surface area contributed by atoms with Gasteiger partial charge < -0.3 is 25.1 Å². The maximum Gasteiger partial charge on any atom is 0.0701 e. The second-order valence-electron chi connectivity index (χ2n) is 4.26. The molecule has 110 valence electrons. The Morgan fingerprint density at radius 1 is 0.944 bits per heavy atom. The molecule has 1 unspecified atom stereocenters. The van der Waals surface area contributed by atoms with Crippen LogP contribution in [0.15, 0.2) is 0 Å². The first-order chi connectivity index (χ1) is 8.85. The first-order valence-electron chi connectivity index (χ1n) is 6.89. The maximum atomic E-state index is 8.91. The van der Waals surface area contributed by atoms with Gasteiger partial charge >= 0.3 is 0 Å². The van der Waals surface area contributed by atoms with Crippen molar-refractivity contribution in [1.82, 2.24) is 0 Å². The van der Waals surface area contributed by atoms with E-state index in [9.17, 15) is 0 Å². The minimum Gasteiger partial charge on any atom is -0.396 e. The Bertz CT molecular complexity index is 154. The molecule has 0 rings (SSSR count). The van der Waals surface area contributed by atoms with Gasteiger partial charge in [0.1, 0.15) is 0 Å². The highest BCUT2D eigenvalue weighted by Gasteiger charge is 2.03. The van der Waals surface area contributed by atoms with Crippen LogP contribution in [0.1, 0.15) is 26.2 Å². The second-order valence-corrected chi connectivity index (χ2v) is 4.26. The van der Waals surface area contributed by atoms with Gasteiger partial charge in [-0.2, -0.15) is 0 Å². The summed E-state index contributed by atoms with van der Waals surface area (Å²) >= 11 is 0. The Morgan fingerprint density at radius 3 is 2.00 bits per heavy atom. The fraction of sp³-hybridized carbons (Fsp3) is 1.00. The van der Waals surface area contributed by atoms with Crippen molar-refractivity contribution in [1.29, 1.82) is 0 Å². The van der Waals surface area contributed by atoms with Gasteiger partial charge in [0.05, 0.1) is 26.4 Å². The van der Waals surface area contributed by atoms with Gasteiger partial charge in [0, 0.05) is 19.8 Å². The van der Waals surface area contributed by atoms with E-state index in [1.807, 2.05) is 0 Å². The minimum absolute atomic E-state index is 0.130. The average molecular weight is 263 g/mol. The predicted molar refractivity (Wildman–Crippen MR) is 71.6 cm³/mol. The van der Waals surface area contributed by atoms with Crippen molar-refractivity contribution in [3.8, 4) is 0 Å². The van der Waals surface area contributed by atoms with Crippen molar-refractivity contribution in [3.05, 3.63) is 0 Å². The summed E-state index contributed by atoms with van der Waals surface area (Å²) in [6.07, 6.45) is 3.07. The molecule has 3 N–H and O–H groups in total. The smallest absolute Gasteiger partial charge is 0.0701 e. The van der Waals surface area contributed by atoms with Crippen LogP contribution in [0.3, 0.4) is 0 Å². The predicted octanol–water partition coefficient (Wildman–Crippen LogP) is 0.794. The highest BCUT2D eigenvalue weighted by molar-refractivity contribution is 4.56. The van der Waals surface area contributed by atoms with Crippen molar-refractivity contribution in [2.75, 3.05) is 52.8 Å². The van der Waals surface area contributed by atoms with E-state index in [2.05, 4.69) is 6.92 Å². The summed E-state index contributed by atoms with van der Waals surface area (Å²) in [5.74, 6) is 0.151. The van der Waals surface area contributed by atoms with Crippen LogP contribution < -0.4 is 5.73 Å². The fourth-order valence-electron chi connectivity index (χ4n) is 1.32. The van der Waals surface area contributed by atoms with Gasteiger partial charge in [0.25, 0.3) is 0 Å². The highest BCUT2D eigenvalue weighted by atomic mass is 16.5. The van der Waals surface area contributed by atoms with Crippen molar-refractivity contribution >= 4 is 0 Å². The van der Waals surface area contributed by atoms with Crippen LogP contribution in [0.4, 0.5) is 0 Å². The first kappa shape index (κ1) is 17.8. The topological polar surface area (TPSA) is 73.9 Å². The number of ether oxygens (including phenoxy) is 3. The van der Waals surface area contributed by atoms with Crippen LogP contribution in [-0.4, -0.2) is 57.9 Å². The van der Waals surface area contributed by atoms with Crippen LogP contribution in [0.5, 0.6) is 0 Å². The first-order valence-corrected chi connectivity index (χ1v) is 6.89. The van der Waals surface area contributed by atoms with Gasteiger partial charge in [-0.05, 0) is 25.3 Å². The molecule has 0 aliphatic carbocycles. The molecular formula is C13H29NO4. The van der Waals surface area contributed by atoms with E-state index in [-0.39, 0.29) is 12.5 Å². The fourth-order valence-corrected chi connectivity index (χ4v) is 1.32. The monoisotopic (exact) mass is 263 g/mol. The number of aliphatic hydroxyl groups is 1. The summed E-state index contributed by atoms with van der Waals surface area (Å²) in [6, 6.07) is 0. The summed E-state index contributed by atoms with van der Waals surface area (Å²) in [4.78, 5) is 0. The molecule has 0 aliphatic rings. The van der Waals surface area contributed by atoms with Crippen LogP contribution in [-0.2, 0) is 14.2 Å².